The zero-order chi connectivity index (χ0) is 15.2. The number of aliphatic hydroxyl groups excluding tert-OH is 1. The summed E-state index contributed by atoms with van der Waals surface area (Å²) in [5.41, 5.74) is 0.591. The summed E-state index contributed by atoms with van der Waals surface area (Å²) in [5.74, 6) is -0.391. The van der Waals surface area contributed by atoms with E-state index in [2.05, 4.69) is 10.3 Å². The zero-order valence-corrected chi connectivity index (χ0v) is 12.1. The first-order valence-electron chi connectivity index (χ1n) is 7.24. The predicted octanol–water partition coefficient (Wildman–Crippen LogP) is 1.54. The molecule has 1 heterocycles. The van der Waals surface area contributed by atoms with Crippen molar-refractivity contribution in [1.82, 2.24) is 10.2 Å². The van der Waals surface area contributed by atoms with Crippen LogP contribution in [0.15, 0.2) is 23.2 Å². The number of likely N-dealkylation sites (tertiary alicyclic amines) is 1. The number of hydrogen-bond acceptors (Lipinski definition) is 2. The van der Waals surface area contributed by atoms with Crippen LogP contribution >= 0.6 is 0 Å². The van der Waals surface area contributed by atoms with Crippen LogP contribution in [-0.2, 0) is 6.42 Å². The first-order chi connectivity index (χ1) is 10.1. The highest BCUT2D eigenvalue weighted by Gasteiger charge is 2.22. The second-order valence-corrected chi connectivity index (χ2v) is 5.15. The van der Waals surface area contributed by atoms with Crippen LogP contribution in [0, 0.1) is 11.6 Å². The van der Waals surface area contributed by atoms with Gasteiger partial charge in [0.25, 0.3) is 0 Å². The standard InChI is InChI=1S/C15H21F2N3O/c1-2-18-15(20-6-4-14(21)10-20)19-5-3-11-7-12(16)9-13(17)8-11/h7-9,14,21H,2-6,10H2,1H3,(H,18,19)/t14-/m1/s1. The zero-order valence-electron chi connectivity index (χ0n) is 12.1. The Morgan fingerprint density at radius 1 is 1.38 bits per heavy atom. The van der Waals surface area contributed by atoms with Crippen molar-refractivity contribution in [3.8, 4) is 0 Å². The number of aliphatic hydroxyl groups is 1. The number of rotatable bonds is 4. The average Bonchev–Trinajstić information content (AvgIpc) is 2.83. The van der Waals surface area contributed by atoms with E-state index < -0.39 is 11.6 Å². The molecule has 6 heteroatoms. The molecule has 1 fully saturated rings. The van der Waals surface area contributed by atoms with Crippen molar-refractivity contribution in [3.05, 3.63) is 35.4 Å². The highest BCUT2D eigenvalue weighted by Crippen LogP contribution is 2.10. The summed E-state index contributed by atoms with van der Waals surface area (Å²) >= 11 is 0. The molecular formula is C15H21F2N3O. The molecule has 0 amide bonds. The van der Waals surface area contributed by atoms with E-state index in [0.717, 1.165) is 31.5 Å². The minimum Gasteiger partial charge on any atom is -0.391 e. The molecule has 0 saturated carbocycles. The van der Waals surface area contributed by atoms with E-state index in [-0.39, 0.29) is 6.10 Å². The molecule has 116 valence electrons. The number of aliphatic imine (C=N–C) groups is 1. The Morgan fingerprint density at radius 2 is 2.10 bits per heavy atom. The lowest BCUT2D eigenvalue weighted by Gasteiger charge is -2.20. The van der Waals surface area contributed by atoms with Crippen LogP contribution in [0.2, 0.25) is 0 Å². The van der Waals surface area contributed by atoms with Crippen LogP contribution in [0.5, 0.6) is 0 Å². The summed E-state index contributed by atoms with van der Waals surface area (Å²) in [6, 6.07) is 3.51. The van der Waals surface area contributed by atoms with Gasteiger partial charge >= 0.3 is 0 Å². The predicted molar refractivity (Wildman–Crippen MR) is 78.2 cm³/mol. The molecule has 1 aliphatic heterocycles. The first-order valence-corrected chi connectivity index (χ1v) is 7.24. The Morgan fingerprint density at radius 3 is 2.67 bits per heavy atom. The molecule has 1 aromatic rings. The second kappa shape index (κ2) is 7.36. The van der Waals surface area contributed by atoms with Gasteiger partial charge in [0, 0.05) is 32.2 Å². The van der Waals surface area contributed by atoms with Crippen molar-refractivity contribution in [1.29, 1.82) is 0 Å². The Balaban J connectivity index is 1.96. The molecule has 1 saturated heterocycles. The maximum Gasteiger partial charge on any atom is 0.194 e. The molecule has 0 radical (unpaired) electrons. The van der Waals surface area contributed by atoms with Crippen molar-refractivity contribution in [3.63, 3.8) is 0 Å². The van der Waals surface area contributed by atoms with Gasteiger partial charge in [-0.05, 0) is 37.5 Å². The van der Waals surface area contributed by atoms with Gasteiger partial charge in [0.15, 0.2) is 5.96 Å². The van der Waals surface area contributed by atoms with Crippen molar-refractivity contribution in [2.24, 2.45) is 4.99 Å². The summed E-state index contributed by atoms with van der Waals surface area (Å²) in [6.45, 7) is 4.49. The van der Waals surface area contributed by atoms with Gasteiger partial charge < -0.3 is 15.3 Å². The third kappa shape index (κ3) is 4.67. The van der Waals surface area contributed by atoms with Crippen LogP contribution < -0.4 is 5.32 Å². The van der Waals surface area contributed by atoms with E-state index in [1.807, 2.05) is 11.8 Å². The maximum atomic E-state index is 13.1. The van der Waals surface area contributed by atoms with E-state index in [0.29, 0.717) is 25.1 Å². The van der Waals surface area contributed by atoms with Gasteiger partial charge in [-0.15, -0.1) is 0 Å². The molecule has 0 unspecified atom stereocenters. The van der Waals surface area contributed by atoms with E-state index in [1.54, 1.807) is 0 Å². The monoisotopic (exact) mass is 297 g/mol. The smallest absolute Gasteiger partial charge is 0.194 e. The fraction of sp³-hybridized carbons (Fsp3) is 0.533. The summed E-state index contributed by atoms with van der Waals surface area (Å²) in [5, 5.41) is 12.7. The Hall–Kier alpha value is -1.69. The topological polar surface area (TPSA) is 47.9 Å². The fourth-order valence-electron chi connectivity index (χ4n) is 2.41. The van der Waals surface area contributed by atoms with Crippen LogP contribution in [-0.4, -0.2) is 48.2 Å². The summed E-state index contributed by atoms with van der Waals surface area (Å²) in [7, 11) is 0. The average molecular weight is 297 g/mol. The molecule has 1 aliphatic rings. The molecule has 0 bridgehead atoms. The molecule has 0 spiro atoms. The second-order valence-electron chi connectivity index (χ2n) is 5.15. The number of nitrogens with zero attached hydrogens (tertiary/aromatic N) is 2. The molecule has 21 heavy (non-hydrogen) atoms. The molecule has 4 nitrogen and oxygen atoms in total. The number of hydrogen-bond donors (Lipinski definition) is 2. The van der Waals surface area contributed by atoms with Gasteiger partial charge in [-0.2, -0.15) is 0 Å². The van der Waals surface area contributed by atoms with Gasteiger partial charge in [0.1, 0.15) is 11.6 Å². The van der Waals surface area contributed by atoms with Crippen LogP contribution in [0.25, 0.3) is 0 Å². The van der Waals surface area contributed by atoms with Crippen LogP contribution in [0.1, 0.15) is 18.9 Å². The highest BCUT2D eigenvalue weighted by atomic mass is 19.1. The van der Waals surface area contributed by atoms with Gasteiger partial charge in [-0.3, -0.25) is 4.99 Å². The SMILES string of the molecule is CCNC(=NCCc1cc(F)cc(F)c1)N1CC[C@@H](O)C1. The highest BCUT2D eigenvalue weighted by molar-refractivity contribution is 5.80. The minimum atomic E-state index is -0.566. The first kappa shape index (κ1) is 15.7. The molecule has 0 aliphatic carbocycles. The lowest BCUT2D eigenvalue weighted by molar-refractivity contribution is 0.188. The third-order valence-electron chi connectivity index (χ3n) is 3.38. The Labute approximate surface area is 123 Å². The molecule has 1 aromatic carbocycles. The van der Waals surface area contributed by atoms with E-state index in [1.165, 1.54) is 12.1 Å². The Kier molecular flexibility index (Phi) is 5.50. The van der Waals surface area contributed by atoms with Crippen molar-refractivity contribution < 1.29 is 13.9 Å². The van der Waals surface area contributed by atoms with Gasteiger partial charge in [0.2, 0.25) is 0 Å². The van der Waals surface area contributed by atoms with Crippen molar-refractivity contribution in [2.75, 3.05) is 26.2 Å². The normalized spacial score (nSPS) is 19.1. The fourth-order valence-corrected chi connectivity index (χ4v) is 2.41. The van der Waals surface area contributed by atoms with Gasteiger partial charge in [-0.25, -0.2) is 8.78 Å². The molecule has 2 rings (SSSR count). The number of halogens is 2. The summed E-state index contributed by atoms with van der Waals surface area (Å²) in [6.07, 6.45) is 0.894. The van der Waals surface area contributed by atoms with E-state index >= 15 is 0 Å². The van der Waals surface area contributed by atoms with Crippen molar-refractivity contribution >= 4 is 5.96 Å². The van der Waals surface area contributed by atoms with Gasteiger partial charge in [-0.1, -0.05) is 0 Å². The van der Waals surface area contributed by atoms with Crippen LogP contribution in [0.4, 0.5) is 8.78 Å². The lowest BCUT2D eigenvalue weighted by atomic mass is 10.1. The quantitative estimate of drug-likeness (QED) is 0.655. The molecule has 0 aromatic heterocycles. The van der Waals surface area contributed by atoms with Crippen LogP contribution in [0.3, 0.4) is 0 Å². The summed E-state index contributed by atoms with van der Waals surface area (Å²) in [4.78, 5) is 6.46. The lowest BCUT2D eigenvalue weighted by Crippen LogP contribution is -2.40. The molecule has 2 N–H and O–H groups in total. The minimum absolute atomic E-state index is 0.314. The van der Waals surface area contributed by atoms with E-state index in [4.69, 9.17) is 0 Å². The summed E-state index contributed by atoms with van der Waals surface area (Å²) < 4.78 is 26.2. The number of guanidine groups is 1. The van der Waals surface area contributed by atoms with E-state index in [9.17, 15) is 13.9 Å². The number of benzene rings is 1. The maximum absolute atomic E-state index is 13.1. The van der Waals surface area contributed by atoms with Crippen molar-refractivity contribution in [2.45, 2.75) is 25.9 Å². The third-order valence-corrected chi connectivity index (χ3v) is 3.38. The Bertz CT molecular complexity index is 487. The molecule has 1 atom stereocenters. The molecular weight excluding hydrogens is 276 g/mol. The number of nitrogens with one attached hydrogen (secondary N) is 1. The number of β-amino-alcohol motifs (C(OH)–C–C–N with tert-alkyl or cyclic N) is 1. The van der Waals surface area contributed by atoms with Gasteiger partial charge in [0.05, 0.1) is 6.10 Å². The largest absolute Gasteiger partial charge is 0.391 e.